The zero-order valence-corrected chi connectivity index (χ0v) is 19.6. The van der Waals surface area contributed by atoms with E-state index in [0.29, 0.717) is 13.1 Å². The Balaban J connectivity index is 0.00000338. The van der Waals surface area contributed by atoms with Gasteiger partial charge in [-0.3, -0.25) is 4.99 Å². The highest BCUT2D eigenvalue weighted by atomic mass is 127. The number of guanidine groups is 1. The number of carbonyl (C=O) groups excluding carboxylic acids is 1. The van der Waals surface area contributed by atoms with E-state index in [4.69, 9.17) is 4.74 Å². The third kappa shape index (κ3) is 8.30. The zero-order chi connectivity index (χ0) is 18.3. The van der Waals surface area contributed by atoms with Gasteiger partial charge in [0, 0.05) is 44.0 Å². The molecule has 10 heteroatoms. The normalized spacial score (nSPS) is 15.1. The minimum absolute atomic E-state index is 0. The summed E-state index contributed by atoms with van der Waals surface area (Å²) in [6, 6.07) is 0.211. The van der Waals surface area contributed by atoms with E-state index in [0.717, 1.165) is 29.0 Å². The lowest BCUT2D eigenvalue weighted by molar-refractivity contribution is 0.00701. The first-order chi connectivity index (χ1) is 11.9. The number of likely N-dealkylation sites (tertiary alicyclic amines) is 1. The summed E-state index contributed by atoms with van der Waals surface area (Å²) in [5, 5.41) is 8.62. The minimum Gasteiger partial charge on any atom is -0.444 e. The topological polar surface area (TPSA) is 78.9 Å². The fourth-order valence-electron chi connectivity index (χ4n) is 2.15. The van der Waals surface area contributed by atoms with Crippen molar-refractivity contribution in [3.8, 4) is 0 Å². The molecule has 0 atom stereocenters. The summed E-state index contributed by atoms with van der Waals surface area (Å²) >= 11 is 3.44. The molecule has 1 aliphatic heterocycles. The predicted octanol–water partition coefficient (Wildman–Crippen LogP) is 3.03. The number of hydrogen-bond acceptors (Lipinski definition) is 6. The van der Waals surface area contributed by atoms with E-state index in [1.807, 2.05) is 32.3 Å². The number of nitrogens with one attached hydrogen (secondary N) is 2. The summed E-state index contributed by atoms with van der Waals surface area (Å²) in [4.78, 5) is 22.1. The van der Waals surface area contributed by atoms with Gasteiger partial charge in [-0.25, -0.2) is 9.78 Å². The summed E-state index contributed by atoms with van der Waals surface area (Å²) in [5.74, 6) is 1.79. The van der Waals surface area contributed by atoms with Gasteiger partial charge in [-0.1, -0.05) is 11.8 Å². The molecular weight excluding hydrogens is 485 g/mol. The van der Waals surface area contributed by atoms with Crippen LogP contribution in [0.1, 0.15) is 27.2 Å². The van der Waals surface area contributed by atoms with Crippen LogP contribution in [0.25, 0.3) is 0 Å². The molecule has 0 aliphatic carbocycles. The fraction of sp³-hybridized carbons (Fsp3) is 0.688. The second-order valence-corrected chi connectivity index (χ2v) is 8.96. The molecule has 1 aliphatic rings. The van der Waals surface area contributed by atoms with Gasteiger partial charge in [-0.05, 0) is 27.2 Å². The summed E-state index contributed by atoms with van der Waals surface area (Å²) in [5.41, 5.74) is -0.455. The molecule has 148 valence electrons. The first kappa shape index (κ1) is 23.3. The number of thioether (sulfide) groups is 1. The summed E-state index contributed by atoms with van der Waals surface area (Å²) < 4.78 is 6.46. The van der Waals surface area contributed by atoms with Crippen molar-refractivity contribution in [3.63, 3.8) is 0 Å². The van der Waals surface area contributed by atoms with Gasteiger partial charge in [0.25, 0.3) is 0 Å². The van der Waals surface area contributed by atoms with Crippen molar-refractivity contribution in [3.05, 3.63) is 11.6 Å². The van der Waals surface area contributed by atoms with Crippen molar-refractivity contribution in [1.82, 2.24) is 20.5 Å². The fourth-order valence-corrected chi connectivity index (χ4v) is 3.80. The van der Waals surface area contributed by atoms with Gasteiger partial charge in [0.15, 0.2) is 5.96 Å². The number of halogens is 1. The van der Waals surface area contributed by atoms with Crippen LogP contribution in [-0.4, -0.2) is 66.0 Å². The van der Waals surface area contributed by atoms with Crippen molar-refractivity contribution in [2.45, 2.75) is 43.2 Å². The standard InChI is InChI=1S/C16H27N5O2S2.HI/c1-16(2,3)23-15(22)21-10-12(11-21)20-13(17-4)18-6-5-8-24-14-19-7-9-25-14;/h7,9,12H,5-6,8,10-11H2,1-4H3,(H2,17,18,20);1H. The Bertz CT molecular complexity index is 572. The number of amides is 1. The summed E-state index contributed by atoms with van der Waals surface area (Å²) in [6.45, 7) is 7.74. The SMILES string of the molecule is CN=C(NCCCSc1nccs1)NC1CN(C(=O)OC(C)(C)C)C1.I. The number of thiazole rings is 1. The number of aromatic nitrogens is 1. The van der Waals surface area contributed by atoms with Gasteiger partial charge < -0.3 is 20.3 Å². The molecule has 0 unspecified atom stereocenters. The minimum atomic E-state index is -0.455. The van der Waals surface area contributed by atoms with Crippen LogP contribution >= 0.6 is 47.1 Å². The molecule has 26 heavy (non-hydrogen) atoms. The Hall–Kier alpha value is -0.750. The lowest BCUT2D eigenvalue weighted by atomic mass is 10.1. The monoisotopic (exact) mass is 513 g/mol. The van der Waals surface area contributed by atoms with Crippen molar-refractivity contribution in [2.75, 3.05) is 32.4 Å². The smallest absolute Gasteiger partial charge is 0.410 e. The number of ether oxygens (including phenoxy) is 1. The molecule has 1 amide bonds. The van der Waals surface area contributed by atoms with E-state index in [2.05, 4.69) is 20.6 Å². The highest BCUT2D eigenvalue weighted by molar-refractivity contribution is 14.0. The van der Waals surface area contributed by atoms with Crippen LogP contribution in [0.4, 0.5) is 4.79 Å². The van der Waals surface area contributed by atoms with Crippen LogP contribution < -0.4 is 10.6 Å². The molecule has 1 fully saturated rings. The highest BCUT2D eigenvalue weighted by Gasteiger charge is 2.34. The van der Waals surface area contributed by atoms with Crippen LogP contribution in [0.5, 0.6) is 0 Å². The van der Waals surface area contributed by atoms with E-state index in [1.165, 1.54) is 0 Å². The van der Waals surface area contributed by atoms with Gasteiger partial charge in [0.2, 0.25) is 0 Å². The molecule has 0 radical (unpaired) electrons. The molecule has 7 nitrogen and oxygen atoms in total. The molecule has 1 saturated heterocycles. The Labute approximate surface area is 180 Å². The van der Waals surface area contributed by atoms with Crippen LogP contribution in [-0.2, 0) is 4.74 Å². The number of nitrogens with zero attached hydrogens (tertiary/aromatic N) is 3. The predicted molar refractivity (Wildman–Crippen MR) is 119 cm³/mol. The van der Waals surface area contributed by atoms with Gasteiger partial charge in [-0.15, -0.1) is 35.3 Å². The van der Waals surface area contributed by atoms with Crippen molar-refractivity contribution >= 4 is 59.1 Å². The summed E-state index contributed by atoms with van der Waals surface area (Å²) in [7, 11) is 1.75. The third-order valence-corrected chi connectivity index (χ3v) is 5.40. The molecule has 0 saturated carbocycles. The van der Waals surface area contributed by atoms with Crippen molar-refractivity contribution in [1.29, 1.82) is 0 Å². The lowest BCUT2D eigenvalue weighted by Crippen LogP contribution is -2.63. The molecular formula is C16H28IN5O2S2. The first-order valence-corrected chi connectivity index (χ1v) is 10.2. The van der Waals surface area contributed by atoms with Crippen LogP contribution in [0, 0.1) is 0 Å². The van der Waals surface area contributed by atoms with E-state index in [1.54, 1.807) is 35.0 Å². The third-order valence-electron chi connectivity index (χ3n) is 3.35. The lowest BCUT2D eigenvalue weighted by Gasteiger charge is -2.40. The van der Waals surface area contributed by atoms with Gasteiger partial charge in [0.1, 0.15) is 9.94 Å². The van der Waals surface area contributed by atoms with Crippen LogP contribution in [0.2, 0.25) is 0 Å². The van der Waals surface area contributed by atoms with E-state index in [-0.39, 0.29) is 36.1 Å². The molecule has 0 aromatic carbocycles. The van der Waals surface area contributed by atoms with E-state index >= 15 is 0 Å². The number of carbonyl (C=O) groups is 1. The second kappa shape index (κ2) is 11.2. The maximum Gasteiger partial charge on any atom is 0.410 e. The van der Waals surface area contributed by atoms with Crippen molar-refractivity contribution in [2.24, 2.45) is 4.99 Å². The number of hydrogen-bond donors (Lipinski definition) is 2. The largest absolute Gasteiger partial charge is 0.444 e. The molecule has 0 spiro atoms. The Morgan fingerprint density at radius 3 is 2.81 bits per heavy atom. The average Bonchev–Trinajstić information content (AvgIpc) is 2.99. The van der Waals surface area contributed by atoms with Gasteiger partial charge in [0.05, 0.1) is 6.04 Å². The molecule has 1 aromatic rings. The summed E-state index contributed by atoms with van der Waals surface area (Å²) in [6.07, 6.45) is 2.60. The van der Waals surface area contributed by atoms with E-state index < -0.39 is 5.60 Å². The quantitative estimate of drug-likeness (QED) is 0.200. The van der Waals surface area contributed by atoms with Gasteiger partial charge >= 0.3 is 6.09 Å². The zero-order valence-electron chi connectivity index (χ0n) is 15.7. The van der Waals surface area contributed by atoms with Gasteiger partial charge in [-0.2, -0.15) is 0 Å². The molecule has 2 heterocycles. The van der Waals surface area contributed by atoms with Crippen molar-refractivity contribution < 1.29 is 9.53 Å². The highest BCUT2D eigenvalue weighted by Crippen LogP contribution is 2.20. The Morgan fingerprint density at radius 2 is 2.23 bits per heavy atom. The molecule has 2 rings (SSSR count). The number of aliphatic imine (C=N–C) groups is 1. The second-order valence-electron chi connectivity index (χ2n) is 6.73. The first-order valence-electron chi connectivity index (χ1n) is 8.35. The Morgan fingerprint density at radius 1 is 1.50 bits per heavy atom. The molecule has 0 bridgehead atoms. The molecule has 2 N–H and O–H groups in total. The molecule has 1 aromatic heterocycles. The van der Waals surface area contributed by atoms with E-state index in [9.17, 15) is 4.79 Å². The average molecular weight is 513 g/mol. The van der Waals surface area contributed by atoms with Crippen LogP contribution in [0.3, 0.4) is 0 Å². The Kier molecular flexibility index (Phi) is 10.0. The maximum absolute atomic E-state index is 11.9. The number of rotatable bonds is 6. The maximum atomic E-state index is 11.9. The van der Waals surface area contributed by atoms with Crippen LogP contribution in [0.15, 0.2) is 20.9 Å².